The van der Waals surface area contributed by atoms with E-state index in [-0.39, 0.29) is 35.8 Å². The highest BCUT2D eigenvalue weighted by molar-refractivity contribution is 7.89. The van der Waals surface area contributed by atoms with Crippen molar-refractivity contribution in [1.29, 1.82) is 0 Å². The number of fused-ring (bicyclic) bond motifs is 1. The summed E-state index contributed by atoms with van der Waals surface area (Å²) in [5.74, 6) is 0.559. The van der Waals surface area contributed by atoms with Gasteiger partial charge in [-0.2, -0.15) is 0 Å². The summed E-state index contributed by atoms with van der Waals surface area (Å²) in [6, 6.07) is 11.5. The van der Waals surface area contributed by atoms with Crippen LogP contribution in [0.1, 0.15) is 13.8 Å². The molecule has 4 rings (SSSR count). The Balaban J connectivity index is 1.53. The number of H-pyrrole nitrogens is 1. The van der Waals surface area contributed by atoms with E-state index in [1.165, 1.54) is 21.3 Å². The summed E-state index contributed by atoms with van der Waals surface area (Å²) in [4.78, 5) is 32.4. The monoisotopic (exact) mass is 483 g/mol. The Hall–Kier alpha value is -3.70. The summed E-state index contributed by atoms with van der Waals surface area (Å²) in [5.41, 5.74) is 1.43. The third-order valence-electron chi connectivity index (χ3n) is 5.41. The van der Waals surface area contributed by atoms with Gasteiger partial charge in [0.15, 0.2) is 0 Å². The Morgan fingerprint density at radius 1 is 1.06 bits per heavy atom. The van der Waals surface area contributed by atoms with Gasteiger partial charge in [-0.25, -0.2) is 17.9 Å². The van der Waals surface area contributed by atoms with Crippen molar-refractivity contribution in [3.8, 4) is 17.0 Å². The Morgan fingerprint density at radius 3 is 2.44 bits per heavy atom. The average molecular weight is 484 g/mol. The lowest BCUT2D eigenvalue weighted by molar-refractivity contribution is 0.321. The fraction of sp³-hybridized carbons (Fsp3) is 0.261. The molecule has 0 atom stereocenters. The quantitative estimate of drug-likeness (QED) is 0.350. The first-order chi connectivity index (χ1) is 16.4. The molecule has 178 valence electrons. The summed E-state index contributed by atoms with van der Waals surface area (Å²) in [7, 11) is -3.72. The van der Waals surface area contributed by atoms with Gasteiger partial charge in [0, 0.05) is 31.5 Å². The van der Waals surface area contributed by atoms with Gasteiger partial charge in [0.1, 0.15) is 17.9 Å². The SMILES string of the molecule is CCn1c(=O)c2[nH]c(-c3ccc(S(=O)(=O)NCCOc4cccnc4)cc3)cc2n(CC)c1=O. The second-order valence-electron chi connectivity index (χ2n) is 7.48. The van der Waals surface area contributed by atoms with E-state index < -0.39 is 10.0 Å². The number of sulfonamides is 1. The Kier molecular flexibility index (Phi) is 6.66. The van der Waals surface area contributed by atoms with E-state index in [4.69, 9.17) is 4.74 Å². The van der Waals surface area contributed by atoms with Gasteiger partial charge in [-0.1, -0.05) is 12.1 Å². The number of aromatic amines is 1. The molecule has 10 nitrogen and oxygen atoms in total. The number of hydrogen-bond donors (Lipinski definition) is 2. The molecule has 4 aromatic rings. The molecule has 0 fully saturated rings. The smallest absolute Gasteiger partial charge is 0.331 e. The molecule has 0 aliphatic rings. The van der Waals surface area contributed by atoms with Gasteiger partial charge in [0.05, 0.1) is 16.6 Å². The molecule has 11 heteroatoms. The van der Waals surface area contributed by atoms with Crippen molar-refractivity contribution >= 4 is 21.1 Å². The van der Waals surface area contributed by atoms with E-state index >= 15 is 0 Å². The van der Waals surface area contributed by atoms with E-state index in [0.717, 1.165) is 0 Å². The first kappa shape index (κ1) is 23.5. The molecule has 0 spiro atoms. The normalized spacial score (nSPS) is 11.7. The van der Waals surface area contributed by atoms with E-state index in [9.17, 15) is 18.0 Å². The highest BCUT2D eigenvalue weighted by Gasteiger charge is 2.17. The number of aryl methyl sites for hydroxylation is 1. The van der Waals surface area contributed by atoms with Crippen molar-refractivity contribution in [3.05, 3.63) is 75.7 Å². The van der Waals surface area contributed by atoms with Gasteiger partial charge in [-0.3, -0.25) is 18.9 Å². The van der Waals surface area contributed by atoms with Gasteiger partial charge < -0.3 is 9.72 Å². The standard InChI is InChI=1S/C23H25N5O5S/c1-3-27-20-14-19(26-21(20)22(29)28(4-2)23(27)30)16-7-9-18(10-8-16)34(31,32)25-12-13-33-17-6-5-11-24-15-17/h5-11,14-15,25-26H,3-4,12-13H2,1-2H3. The van der Waals surface area contributed by atoms with E-state index in [1.807, 2.05) is 6.92 Å². The largest absolute Gasteiger partial charge is 0.491 e. The Bertz CT molecular complexity index is 1520. The number of benzene rings is 1. The van der Waals surface area contributed by atoms with Crippen LogP contribution in [-0.2, 0) is 23.1 Å². The molecule has 0 amide bonds. The van der Waals surface area contributed by atoms with Crippen molar-refractivity contribution in [3.63, 3.8) is 0 Å². The minimum absolute atomic E-state index is 0.0965. The second kappa shape index (κ2) is 9.65. The first-order valence-corrected chi connectivity index (χ1v) is 12.3. The van der Waals surface area contributed by atoms with Crippen LogP contribution in [0, 0.1) is 0 Å². The number of rotatable bonds is 9. The fourth-order valence-corrected chi connectivity index (χ4v) is 4.72. The zero-order valence-corrected chi connectivity index (χ0v) is 19.6. The molecule has 0 radical (unpaired) electrons. The van der Waals surface area contributed by atoms with Crippen LogP contribution in [0.4, 0.5) is 0 Å². The lowest BCUT2D eigenvalue weighted by Crippen LogP contribution is -2.39. The van der Waals surface area contributed by atoms with Gasteiger partial charge in [-0.05, 0) is 49.7 Å². The van der Waals surface area contributed by atoms with Crippen LogP contribution in [0.25, 0.3) is 22.3 Å². The van der Waals surface area contributed by atoms with E-state index in [1.54, 1.807) is 49.6 Å². The second-order valence-corrected chi connectivity index (χ2v) is 9.25. The lowest BCUT2D eigenvalue weighted by Gasteiger charge is -2.09. The van der Waals surface area contributed by atoms with Gasteiger partial charge in [0.25, 0.3) is 5.56 Å². The van der Waals surface area contributed by atoms with Crippen molar-refractivity contribution in [1.82, 2.24) is 23.8 Å². The molecule has 1 aromatic carbocycles. The summed E-state index contributed by atoms with van der Waals surface area (Å²) in [6.07, 6.45) is 3.17. The predicted molar refractivity (Wildman–Crippen MR) is 129 cm³/mol. The van der Waals surface area contributed by atoms with Gasteiger partial charge in [0.2, 0.25) is 10.0 Å². The number of aromatic nitrogens is 4. The van der Waals surface area contributed by atoms with Crippen molar-refractivity contribution in [2.24, 2.45) is 0 Å². The van der Waals surface area contributed by atoms with Gasteiger partial charge >= 0.3 is 5.69 Å². The molecule has 0 saturated heterocycles. The van der Waals surface area contributed by atoms with Gasteiger partial charge in [-0.15, -0.1) is 0 Å². The highest BCUT2D eigenvalue weighted by Crippen LogP contribution is 2.23. The van der Waals surface area contributed by atoms with E-state index in [2.05, 4.69) is 14.7 Å². The molecule has 0 saturated carbocycles. The minimum Gasteiger partial charge on any atom is -0.491 e. The molecule has 0 aliphatic carbocycles. The molecule has 0 unspecified atom stereocenters. The molecule has 0 aliphatic heterocycles. The molecular formula is C23H25N5O5S. The zero-order chi connectivity index (χ0) is 24.3. The van der Waals surface area contributed by atoms with Crippen molar-refractivity contribution in [2.45, 2.75) is 31.8 Å². The van der Waals surface area contributed by atoms with Crippen LogP contribution < -0.4 is 20.7 Å². The molecule has 3 heterocycles. The number of pyridine rings is 1. The molecule has 3 aromatic heterocycles. The predicted octanol–water partition coefficient (Wildman–Crippen LogP) is 1.95. The van der Waals surface area contributed by atoms with Crippen molar-refractivity contribution < 1.29 is 13.2 Å². The number of nitrogens with zero attached hydrogens (tertiary/aromatic N) is 3. The van der Waals surface area contributed by atoms with Crippen LogP contribution in [0.2, 0.25) is 0 Å². The molecule has 34 heavy (non-hydrogen) atoms. The van der Waals surface area contributed by atoms with Crippen LogP contribution in [0.5, 0.6) is 5.75 Å². The average Bonchev–Trinajstić information content (AvgIpc) is 3.29. The maximum Gasteiger partial charge on any atom is 0.331 e. The summed E-state index contributed by atoms with van der Waals surface area (Å²) in [5, 5.41) is 0. The van der Waals surface area contributed by atoms with Crippen LogP contribution >= 0.6 is 0 Å². The lowest BCUT2D eigenvalue weighted by atomic mass is 10.1. The fourth-order valence-electron chi connectivity index (χ4n) is 3.70. The molecular weight excluding hydrogens is 458 g/mol. The maximum atomic E-state index is 12.7. The number of nitrogens with one attached hydrogen (secondary N) is 2. The van der Waals surface area contributed by atoms with Crippen molar-refractivity contribution in [2.75, 3.05) is 13.2 Å². The minimum atomic E-state index is -3.72. The number of ether oxygens (including phenoxy) is 1. The first-order valence-electron chi connectivity index (χ1n) is 10.8. The Labute approximate surface area is 195 Å². The van der Waals surface area contributed by atoms with Crippen LogP contribution in [0.15, 0.2) is 69.3 Å². The maximum absolute atomic E-state index is 12.7. The molecule has 2 N–H and O–H groups in total. The topological polar surface area (TPSA) is 128 Å². The zero-order valence-electron chi connectivity index (χ0n) is 18.8. The summed E-state index contributed by atoms with van der Waals surface area (Å²) >= 11 is 0. The third-order valence-corrected chi connectivity index (χ3v) is 6.89. The number of hydrogen-bond acceptors (Lipinski definition) is 6. The molecule has 0 bridgehead atoms. The van der Waals surface area contributed by atoms with Crippen LogP contribution in [-0.4, -0.2) is 40.7 Å². The van der Waals surface area contributed by atoms with E-state index in [0.29, 0.717) is 34.6 Å². The third kappa shape index (κ3) is 4.52. The summed E-state index contributed by atoms with van der Waals surface area (Å²) < 4.78 is 35.9. The van der Waals surface area contributed by atoms with Crippen LogP contribution in [0.3, 0.4) is 0 Å². The Morgan fingerprint density at radius 2 is 1.79 bits per heavy atom. The highest BCUT2D eigenvalue weighted by atomic mass is 32.2. The summed E-state index contributed by atoms with van der Waals surface area (Å²) in [6.45, 7) is 4.53.